The van der Waals surface area contributed by atoms with Crippen molar-refractivity contribution in [1.29, 1.82) is 0 Å². The first kappa shape index (κ1) is 18.3. The average Bonchev–Trinajstić information content (AvgIpc) is 3.29. The Kier molecular flexibility index (Phi) is 4.59. The van der Waals surface area contributed by atoms with Crippen molar-refractivity contribution in [3.63, 3.8) is 0 Å². The fourth-order valence-corrected chi connectivity index (χ4v) is 5.43. The zero-order chi connectivity index (χ0) is 20.0. The van der Waals surface area contributed by atoms with E-state index < -0.39 is 0 Å². The van der Waals surface area contributed by atoms with Crippen LogP contribution in [-0.2, 0) is 0 Å². The van der Waals surface area contributed by atoms with Gasteiger partial charge in [0.15, 0.2) is 5.17 Å². The van der Waals surface area contributed by atoms with E-state index in [1.165, 1.54) is 0 Å². The van der Waals surface area contributed by atoms with Gasteiger partial charge in [0.1, 0.15) is 17.5 Å². The Bertz CT molecular complexity index is 1080. The quantitative estimate of drug-likeness (QED) is 0.621. The van der Waals surface area contributed by atoms with Crippen LogP contribution in [0, 0.1) is 0 Å². The van der Waals surface area contributed by atoms with Gasteiger partial charge in [-0.1, -0.05) is 36.9 Å². The molecule has 0 aliphatic carbocycles. The van der Waals surface area contributed by atoms with E-state index in [0.717, 1.165) is 45.2 Å². The molecule has 0 amide bonds. The SMILES string of the molecule is COc1ccc2ccc(OC)c([C@H]3[C@@H](c4ccccn4)N=C4S[C@@H](C)CN43)c2c1. The van der Waals surface area contributed by atoms with Crippen molar-refractivity contribution < 1.29 is 9.47 Å². The molecule has 0 bridgehead atoms. The summed E-state index contributed by atoms with van der Waals surface area (Å²) in [5, 5.41) is 3.90. The minimum Gasteiger partial charge on any atom is -0.497 e. The van der Waals surface area contributed by atoms with Crippen molar-refractivity contribution in [3.05, 3.63) is 66.0 Å². The van der Waals surface area contributed by atoms with Crippen molar-refractivity contribution in [1.82, 2.24) is 9.88 Å². The van der Waals surface area contributed by atoms with Crippen molar-refractivity contribution in [3.8, 4) is 11.5 Å². The number of amidine groups is 1. The molecule has 0 unspecified atom stereocenters. The van der Waals surface area contributed by atoms with Gasteiger partial charge < -0.3 is 14.4 Å². The van der Waals surface area contributed by atoms with Gasteiger partial charge in [0.25, 0.3) is 0 Å². The summed E-state index contributed by atoms with van der Waals surface area (Å²) in [6.07, 6.45) is 1.84. The molecule has 2 aliphatic rings. The van der Waals surface area contributed by atoms with Gasteiger partial charge in [0, 0.05) is 23.6 Å². The molecule has 0 saturated carbocycles. The number of rotatable bonds is 4. The number of pyridine rings is 1. The van der Waals surface area contributed by atoms with Crippen molar-refractivity contribution in [2.24, 2.45) is 4.99 Å². The Hall–Kier alpha value is -2.73. The Morgan fingerprint density at radius 1 is 1.07 bits per heavy atom. The Morgan fingerprint density at radius 3 is 2.69 bits per heavy atom. The molecule has 2 aromatic carbocycles. The molecule has 148 valence electrons. The monoisotopic (exact) mass is 405 g/mol. The van der Waals surface area contributed by atoms with E-state index in [9.17, 15) is 0 Å². The van der Waals surface area contributed by atoms with Crippen LogP contribution in [0.3, 0.4) is 0 Å². The third kappa shape index (κ3) is 3.02. The highest BCUT2D eigenvalue weighted by molar-refractivity contribution is 8.14. The van der Waals surface area contributed by atoms with Crippen LogP contribution in [0.4, 0.5) is 0 Å². The second kappa shape index (κ2) is 7.26. The summed E-state index contributed by atoms with van der Waals surface area (Å²) >= 11 is 1.84. The number of aliphatic imine (C=N–C) groups is 1. The average molecular weight is 406 g/mol. The van der Waals surface area contributed by atoms with E-state index in [-0.39, 0.29) is 12.1 Å². The van der Waals surface area contributed by atoms with Crippen LogP contribution >= 0.6 is 11.8 Å². The maximum absolute atomic E-state index is 5.85. The van der Waals surface area contributed by atoms with Crippen LogP contribution in [0.2, 0.25) is 0 Å². The number of aromatic nitrogens is 1. The fourth-order valence-electron chi connectivity index (χ4n) is 4.34. The predicted molar refractivity (Wildman–Crippen MR) is 118 cm³/mol. The molecule has 5 nitrogen and oxygen atoms in total. The van der Waals surface area contributed by atoms with E-state index in [0.29, 0.717) is 5.25 Å². The van der Waals surface area contributed by atoms with Crippen molar-refractivity contribution in [2.45, 2.75) is 24.3 Å². The van der Waals surface area contributed by atoms with Crippen LogP contribution in [0.15, 0.2) is 59.7 Å². The molecule has 3 aromatic rings. The number of fused-ring (bicyclic) bond motifs is 2. The van der Waals surface area contributed by atoms with E-state index >= 15 is 0 Å². The van der Waals surface area contributed by atoms with E-state index in [1.54, 1.807) is 14.2 Å². The molecule has 1 saturated heterocycles. The second-order valence-electron chi connectivity index (χ2n) is 7.41. The molecule has 3 heterocycles. The lowest BCUT2D eigenvalue weighted by Crippen LogP contribution is -2.29. The molecule has 3 atom stereocenters. The maximum Gasteiger partial charge on any atom is 0.160 e. The highest BCUT2D eigenvalue weighted by atomic mass is 32.2. The number of thioether (sulfide) groups is 1. The molecule has 1 aromatic heterocycles. The van der Waals surface area contributed by atoms with Crippen LogP contribution in [0.1, 0.15) is 30.3 Å². The zero-order valence-electron chi connectivity index (χ0n) is 16.7. The third-order valence-corrected chi connectivity index (χ3v) is 6.73. The van der Waals surface area contributed by atoms with Crippen LogP contribution in [-0.4, -0.2) is 41.1 Å². The van der Waals surface area contributed by atoms with Gasteiger partial charge in [0.2, 0.25) is 0 Å². The second-order valence-corrected chi connectivity index (χ2v) is 8.81. The van der Waals surface area contributed by atoms with Gasteiger partial charge >= 0.3 is 0 Å². The molecule has 29 heavy (non-hydrogen) atoms. The van der Waals surface area contributed by atoms with E-state index in [2.05, 4.69) is 47.1 Å². The third-order valence-electron chi connectivity index (χ3n) is 5.63. The summed E-state index contributed by atoms with van der Waals surface area (Å²) in [6, 6.07) is 16.4. The van der Waals surface area contributed by atoms with Gasteiger partial charge in [-0.2, -0.15) is 0 Å². The summed E-state index contributed by atoms with van der Waals surface area (Å²) in [5.74, 6) is 1.71. The summed E-state index contributed by atoms with van der Waals surface area (Å²) in [4.78, 5) is 12.2. The predicted octanol–water partition coefficient (Wildman–Crippen LogP) is 4.84. The van der Waals surface area contributed by atoms with Gasteiger partial charge in [0.05, 0.1) is 26.0 Å². The Morgan fingerprint density at radius 2 is 1.93 bits per heavy atom. The highest BCUT2D eigenvalue weighted by Gasteiger charge is 2.45. The molecule has 0 radical (unpaired) electrons. The molecule has 1 fully saturated rings. The molecule has 6 heteroatoms. The van der Waals surface area contributed by atoms with Gasteiger partial charge in [-0.25, -0.2) is 0 Å². The van der Waals surface area contributed by atoms with Crippen LogP contribution < -0.4 is 9.47 Å². The van der Waals surface area contributed by atoms with Crippen LogP contribution in [0.25, 0.3) is 10.8 Å². The Labute approximate surface area is 174 Å². The van der Waals surface area contributed by atoms with E-state index in [4.69, 9.17) is 14.5 Å². The van der Waals surface area contributed by atoms with Gasteiger partial charge in [-0.15, -0.1) is 0 Å². The number of nitrogens with zero attached hydrogens (tertiary/aromatic N) is 3. The maximum atomic E-state index is 5.85. The molecule has 2 aliphatic heterocycles. The Balaban J connectivity index is 1.74. The van der Waals surface area contributed by atoms with E-state index in [1.807, 2.05) is 36.2 Å². The number of hydrogen-bond donors (Lipinski definition) is 0. The largest absolute Gasteiger partial charge is 0.497 e. The van der Waals surface area contributed by atoms with Gasteiger partial charge in [-0.05, 0) is 41.1 Å². The normalized spacial score (nSPS) is 23.2. The summed E-state index contributed by atoms with van der Waals surface area (Å²) in [7, 11) is 3.44. The first-order valence-electron chi connectivity index (χ1n) is 9.76. The molecular weight excluding hydrogens is 382 g/mol. The summed E-state index contributed by atoms with van der Waals surface area (Å²) in [5.41, 5.74) is 2.13. The molecule has 5 rings (SSSR count). The number of methoxy groups -OCH3 is 2. The first-order valence-corrected chi connectivity index (χ1v) is 10.6. The summed E-state index contributed by atoms with van der Waals surface area (Å²) < 4.78 is 11.4. The number of benzene rings is 2. The summed E-state index contributed by atoms with van der Waals surface area (Å²) in [6.45, 7) is 3.21. The molecule has 0 N–H and O–H groups in total. The standard InChI is InChI=1S/C23H23N3O2S/c1-14-13-26-22(21(25-23(26)29-14)18-6-4-5-11-24-18)20-17-12-16(27-2)9-7-15(17)8-10-19(20)28-3/h4-12,14,21-22H,13H2,1-3H3/t14-,21+,22-/m0/s1. The molecule has 0 spiro atoms. The minimum absolute atomic E-state index is 0.0307. The zero-order valence-corrected chi connectivity index (χ0v) is 17.5. The first-order chi connectivity index (χ1) is 14.2. The highest BCUT2D eigenvalue weighted by Crippen LogP contribution is 2.51. The smallest absolute Gasteiger partial charge is 0.160 e. The van der Waals surface area contributed by atoms with Gasteiger partial charge in [-0.3, -0.25) is 9.98 Å². The number of ether oxygens (including phenoxy) is 2. The molecular formula is C23H23N3O2S. The van der Waals surface area contributed by atoms with Crippen molar-refractivity contribution in [2.75, 3.05) is 20.8 Å². The lowest BCUT2D eigenvalue weighted by Gasteiger charge is -2.29. The van der Waals surface area contributed by atoms with Crippen LogP contribution in [0.5, 0.6) is 11.5 Å². The fraction of sp³-hybridized carbons (Fsp3) is 0.304. The number of hydrogen-bond acceptors (Lipinski definition) is 6. The lowest BCUT2D eigenvalue weighted by atomic mass is 9.91. The lowest BCUT2D eigenvalue weighted by molar-refractivity contribution is 0.310. The van der Waals surface area contributed by atoms with Crippen molar-refractivity contribution >= 4 is 27.7 Å². The topological polar surface area (TPSA) is 47.0 Å². The minimum atomic E-state index is -0.0723.